The van der Waals surface area contributed by atoms with E-state index in [0.29, 0.717) is 16.3 Å². The molecule has 2 aromatic carbocycles. The summed E-state index contributed by atoms with van der Waals surface area (Å²) in [7, 11) is 0.291. The first-order chi connectivity index (χ1) is 12.0. The minimum Gasteiger partial charge on any atom is -0.393 e. The maximum atomic E-state index is 12.0. The lowest BCUT2D eigenvalue weighted by molar-refractivity contribution is 0.0928. The number of carbonyl (C=O) groups excluding carboxylic acids is 2. The second kappa shape index (κ2) is 8.84. The third kappa shape index (κ3) is 5.05. The van der Waals surface area contributed by atoms with Crippen LogP contribution in [0.1, 0.15) is 6.92 Å². The molecule has 1 unspecified atom stereocenters. The van der Waals surface area contributed by atoms with Gasteiger partial charge in [0.25, 0.3) is 0 Å². The van der Waals surface area contributed by atoms with Gasteiger partial charge in [0.15, 0.2) is 0 Å². The minimum absolute atomic E-state index is 0.290. The number of nitrogens with one attached hydrogen (secondary N) is 1. The van der Waals surface area contributed by atoms with Crippen molar-refractivity contribution in [2.75, 3.05) is 17.9 Å². The van der Waals surface area contributed by atoms with Crippen LogP contribution in [0.5, 0.6) is 5.75 Å². The smallest absolute Gasteiger partial charge is 0.393 e. The summed E-state index contributed by atoms with van der Waals surface area (Å²) >= 11 is 0. The molecule has 2 amide bonds. The molecule has 2 aromatic rings. The van der Waals surface area contributed by atoms with Crippen LogP contribution in [0.15, 0.2) is 59.5 Å². The van der Waals surface area contributed by atoms with Crippen LogP contribution in [-0.4, -0.2) is 29.2 Å². The van der Waals surface area contributed by atoms with Crippen molar-refractivity contribution < 1.29 is 23.4 Å². The quantitative estimate of drug-likeness (QED) is 0.513. The summed E-state index contributed by atoms with van der Waals surface area (Å²) in [6.07, 6.45) is -1.06. The molecule has 8 heteroatoms. The van der Waals surface area contributed by atoms with Crippen LogP contribution in [0.2, 0.25) is 0 Å². The van der Waals surface area contributed by atoms with Crippen molar-refractivity contribution in [1.82, 2.24) is 5.32 Å². The summed E-state index contributed by atoms with van der Waals surface area (Å²) in [5.41, 5.74) is 0.293. The predicted octanol–water partition coefficient (Wildman–Crippen LogP) is 3.09. The molecule has 0 aliphatic carbocycles. The number of hydrogen-bond donors (Lipinski definition) is 1. The van der Waals surface area contributed by atoms with Gasteiger partial charge in [-0.25, -0.2) is 9.59 Å². The second-order valence-electron chi connectivity index (χ2n) is 4.73. The Balaban J connectivity index is 2.14. The normalized spacial score (nSPS) is 11.3. The fourth-order valence-corrected chi connectivity index (χ4v) is 2.66. The van der Waals surface area contributed by atoms with Crippen LogP contribution in [0.4, 0.5) is 15.3 Å². The molecule has 2 rings (SSSR count). The molecule has 132 valence electrons. The summed E-state index contributed by atoms with van der Waals surface area (Å²) in [5.74, 6) is 0.774. The number of carbonyl (C=O) groups is 2. The van der Waals surface area contributed by atoms with Gasteiger partial charge in [0.1, 0.15) is 5.75 Å². The topological polar surface area (TPSA) is 84.9 Å². The van der Waals surface area contributed by atoms with Crippen molar-refractivity contribution >= 4 is 28.7 Å². The number of amides is 2. The van der Waals surface area contributed by atoms with Gasteiger partial charge in [-0.1, -0.05) is 25.1 Å². The molecular formula is C17H18N2O5S. The third-order valence-corrected chi connectivity index (χ3v) is 4.43. The molecule has 7 nitrogen and oxygen atoms in total. The maximum Gasteiger partial charge on any atom is 0.539 e. The third-order valence-electron chi connectivity index (χ3n) is 3.10. The van der Waals surface area contributed by atoms with Gasteiger partial charge in [-0.15, -0.1) is 5.06 Å². The first-order valence-electron chi connectivity index (χ1n) is 7.50. The number of anilines is 1. The minimum atomic E-state index is -1.11. The van der Waals surface area contributed by atoms with Crippen LogP contribution in [-0.2, 0) is 15.6 Å². The van der Waals surface area contributed by atoms with E-state index in [-0.39, 0.29) is 5.75 Å². The summed E-state index contributed by atoms with van der Waals surface area (Å²) < 4.78 is 16.8. The van der Waals surface area contributed by atoms with Gasteiger partial charge in [0.2, 0.25) is 0 Å². The van der Waals surface area contributed by atoms with E-state index in [1.807, 2.05) is 6.92 Å². The van der Waals surface area contributed by atoms with Crippen molar-refractivity contribution in [3.8, 4) is 5.75 Å². The van der Waals surface area contributed by atoms with Crippen LogP contribution < -0.4 is 15.1 Å². The number of hydrogen-bond acceptors (Lipinski definition) is 5. The number of para-hydroxylation sites is 1. The molecule has 1 atom stereocenters. The molecule has 0 aliphatic rings. The highest BCUT2D eigenvalue weighted by atomic mass is 32.2. The molecule has 25 heavy (non-hydrogen) atoms. The van der Waals surface area contributed by atoms with Gasteiger partial charge < -0.3 is 10.1 Å². The zero-order valence-electron chi connectivity index (χ0n) is 13.8. The van der Waals surface area contributed by atoms with Crippen LogP contribution in [0.3, 0.4) is 0 Å². The molecule has 0 aliphatic heterocycles. The van der Waals surface area contributed by atoms with E-state index < -0.39 is 23.0 Å². The molecule has 0 bridgehead atoms. The number of benzene rings is 2. The average Bonchev–Trinajstić information content (AvgIpc) is 2.66. The van der Waals surface area contributed by atoms with E-state index in [0.717, 1.165) is 5.06 Å². The number of ether oxygens (including phenoxy) is 1. The standard InChI is InChI=1S/C17H18N2O5S/c1-3-25(22)15-11-9-13(10-12-15)19(16(20)18-2)24-17(21)23-14-7-5-4-6-8-14/h4-12H,3H2,1-2H3,(H,18,20). The SMILES string of the molecule is CCS(=O)c1ccc(N(OC(=O)Oc2ccccc2)C(=O)NC)cc1. The molecular weight excluding hydrogens is 344 g/mol. The Morgan fingerprint density at radius 3 is 2.28 bits per heavy atom. The Bertz CT molecular complexity index is 749. The molecule has 1 N–H and O–H groups in total. The highest BCUT2D eigenvalue weighted by Gasteiger charge is 2.21. The summed E-state index contributed by atoms with van der Waals surface area (Å²) in [6.45, 7) is 1.81. The van der Waals surface area contributed by atoms with Crippen LogP contribution in [0, 0.1) is 0 Å². The molecule has 0 radical (unpaired) electrons. The average molecular weight is 362 g/mol. The fourth-order valence-electron chi connectivity index (χ4n) is 1.89. The van der Waals surface area contributed by atoms with Gasteiger partial charge in [0.05, 0.1) is 16.5 Å². The molecule has 0 fully saturated rings. The van der Waals surface area contributed by atoms with Gasteiger partial charge >= 0.3 is 12.2 Å². The Labute approximate surface area is 148 Å². The predicted molar refractivity (Wildman–Crippen MR) is 93.9 cm³/mol. The van der Waals surface area contributed by atoms with Gasteiger partial charge in [-0.2, -0.15) is 0 Å². The zero-order valence-corrected chi connectivity index (χ0v) is 14.6. The molecule has 0 aromatic heterocycles. The van der Waals surface area contributed by atoms with E-state index in [4.69, 9.17) is 9.57 Å². The fraction of sp³-hybridized carbons (Fsp3) is 0.176. The number of hydroxylamine groups is 1. The monoisotopic (exact) mass is 362 g/mol. The first kappa shape index (κ1) is 18.5. The van der Waals surface area contributed by atoms with Crippen molar-refractivity contribution in [2.45, 2.75) is 11.8 Å². The number of urea groups is 1. The lowest BCUT2D eigenvalue weighted by Gasteiger charge is -2.20. The highest BCUT2D eigenvalue weighted by Crippen LogP contribution is 2.19. The lowest BCUT2D eigenvalue weighted by atomic mass is 10.3. The van der Waals surface area contributed by atoms with Crippen molar-refractivity contribution in [1.29, 1.82) is 0 Å². The summed E-state index contributed by atoms with van der Waals surface area (Å²) in [5, 5.41) is 3.14. The van der Waals surface area contributed by atoms with E-state index >= 15 is 0 Å². The molecule has 0 heterocycles. The van der Waals surface area contributed by atoms with Crippen molar-refractivity contribution in [2.24, 2.45) is 0 Å². The molecule has 0 saturated carbocycles. The maximum absolute atomic E-state index is 12.0. The van der Waals surface area contributed by atoms with Gasteiger partial charge in [-0.05, 0) is 36.4 Å². The summed E-state index contributed by atoms with van der Waals surface area (Å²) in [6, 6.07) is 14.0. The number of nitrogens with zero attached hydrogens (tertiary/aromatic N) is 1. The second-order valence-corrected chi connectivity index (χ2v) is 6.47. The van der Waals surface area contributed by atoms with Crippen molar-refractivity contribution in [3.63, 3.8) is 0 Å². The number of rotatable bonds is 4. The largest absolute Gasteiger partial charge is 0.539 e. The van der Waals surface area contributed by atoms with E-state index in [9.17, 15) is 13.8 Å². The Hall–Kier alpha value is -2.87. The van der Waals surface area contributed by atoms with Crippen molar-refractivity contribution in [3.05, 3.63) is 54.6 Å². The van der Waals surface area contributed by atoms with Gasteiger partial charge in [-0.3, -0.25) is 9.05 Å². The van der Waals surface area contributed by atoms with E-state index in [1.54, 1.807) is 42.5 Å². The van der Waals surface area contributed by atoms with Crippen LogP contribution >= 0.6 is 0 Å². The summed E-state index contributed by atoms with van der Waals surface area (Å²) in [4.78, 5) is 29.5. The van der Waals surface area contributed by atoms with Gasteiger partial charge in [0, 0.05) is 17.7 Å². The molecule has 0 saturated heterocycles. The first-order valence-corrected chi connectivity index (χ1v) is 8.82. The van der Waals surface area contributed by atoms with Crippen LogP contribution in [0.25, 0.3) is 0 Å². The Morgan fingerprint density at radius 1 is 1.08 bits per heavy atom. The zero-order chi connectivity index (χ0) is 18.2. The highest BCUT2D eigenvalue weighted by molar-refractivity contribution is 7.85. The van der Waals surface area contributed by atoms with E-state index in [1.165, 1.54) is 19.2 Å². The Kier molecular flexibility index (Phi) is 6.53. The lowest BCUT2D eigenvalue weighted by Crippen LogP contribution is -2.40. The Morgan fingerprint density at radius 2 is 1.72 bits per heavy atom. The molecule has 0 spiro atoms. The van der Waals surface area contributed by atoms with E-state index in [2.05, 4.69) is 5.32 Å².